The van der Waals surface area contributed by atoms with Crippen LogP contribution >= 0.6 is 30.4 Å². The maximum atomic E-state index is 9.50. The molecular formula is C18H17IN2O3S. The highest BCUT2D eigenvalue weighted by molar-refractivity contribution is 14.2. The Balaban J connectivity index is 1.95. The summed E-state index contributed by atoms with van der Waals surface area (Å²) in [5.74, 6) is 0.621. The first-order chi connectivity index (χ1) is 12.2. The molecule has 3 aromatic rings. The number of aliphatic hydroxyl groups excluding tert-OH is 1. The molecule has 0 aliphatic heterocycles. The van der Waals surface area contributed by atoms with E-state index in [0.717, 1.165) is 22.2 Å². The highest BCUT2D eigenvalue weighted by Crippen LogP contribution is 2.28. The smallest absolute Gasteiger partial charge is 0.146 e. The molecule has 1 aromatic heterocycles. The van der Waals surface area contributed by atoms with Crippen molar-refractivity contribution in [3.05, 3.63) is 54.6 Å². The maximum absolute atomic E-state index is 9.50. The molecule has 1 atom stereocenters. The summed E-state index contributed by atoms with van der Waals surface area (Å²) in [5, 5.41) is 10.5. The number of hydrogen-bond acceptors (Lipinski definition) is 6. The number of para-hydroxylation sites is 1. The number of anilines is 1. The van der Waals surface area contributed by atoms with Crippen LogP contribution in [0.2, 0.25) is 0 Å². The van der Waals surface area contributed by atoms with Crippen LogP contribution in [-0.4, -0.2) is 29.4 Å². The molecule has 5 nitrogen and oxygen atoms in total. The summed E-state index contributed by atoms with van der Waals surface area (Å²) in [6.45, 7) is 0.156. The number of nitrogen functional groups attached to an aromatic ring is 1. The van der Waals surface area contributed by atoms with Crippen LogP contribution in [0.5, 0.6) is 5.75 Å². The third-order valence-electron chi connectivity index (χ3n) is 3.69. The number of rotatable bonds is 7. The average molecular weight is 468 g/mol. The lowest BCUT2D eigenvalue weighted by Gasteiger charge is -2.17. The maximum Gasteiger partial charge on any atom is 0.146 e. The van der Waals surface area contributed by atoms with E-state index in [-0.39, 0.29) is 13.2 Å². The van der Waals surface area contributed by atoms with Crippen LogP contribution < -0.4 is 10.5 Å². The molecule has 0 fully saturated rings. The van der Waals surface area contributed by atoms with E-state index in [1.54, 1.807) is 0 Å². The summed E-state index contributed by atoms with van der Waals surface area (Å²) >= 11 is 2.03. The van der Waals surface area contributed by atoms with Gasteiger partial charge in [-0.25, -0.2) is 4.98 Å². The molecule has 3 rings (SSSR count). The van der Waals surface area contributed by atoms with Crippen LogP contribution in [0, 0.1) is 0 Å². The van der Waals surface area contributed by atoms with Gasteiger partial charge in [0.05, 0.1) is 21.5 Å². The fourth-order valence-electron chi connectivity index (χ4n) is 2.43. The Labute approximate surface area is 162 Å². The Morgan fingerprint density at radius 2 is 1.92 bits per heavy atom. The zero-order valence-corrected chi connectivity index (χ0v) is 16.2. The van der Waals surface area contributed by atoms with Crippen LogP contribution in [0.4, 0.5) is 5.69 Å². The summed E-state index contributed by atoms with van der Waals surface area (Å²) < 4.78 is 11.2. The predicted octanol–water partition coefficient (Wildman–Crippen LogP) is 4.24. The fourth-order valence-corrected chi connectivity index (χ4v) is 3.08. The van der Waals surface area contributed by atoms with Crippen molar-refractivity contribution in [2.75, 3.05) is 18.9 Å². The van der Waals surface area contributed by atoms with Crippen LogP contribution in [-0.2, 0) is 4.18 Å². The van der Waals surface area contributed by atoms with Crippen molar-refractivity contribution >= 4 is 47.0 Å². The first kappa shape index (κ1) is 18.2. The molecule has 0 radical (unpaired) electrons. The highest BCUT2D eigenvalue weighted by Gasteiger charge is 2.13. The Bertz CT molecular complexity index is 845. The Hall–Kier alpha value is -1.55. The van der Waals surface area contributed by atoms with Gasteiger partial charge in [0.1, 0.15) is 24.0 Å². The van der Waals surface area contributed by atoms with Gasteiger partial charge in [0.25, 0.3) is 0 Å². The van der Waals surface area contributed by atoms with E-state index in [0.29, 0.717) is 11.4 Å². The molecule has 7 heteroatoms. The van der Waals surface area contributed by atoms with Crippen molar-refractivity contribution in [3.63, 3.8) is 0 Å². The minimum Gasteiger partial charge on any atom is -0.483 e. The number of pyridine rings is 1. The molecule has 25 heavy (non-hydrogen) atoms. The predicted molar refractivity (Wildman–Crippen MR) is 111 cm³/mol. The summed E-state index contributed by atoms with van der Waals surface area (Å²) in [4.78, 5) is 4.75. The van der Waals surface area contributed by atoms with Gasteiger partial charge in [-0.2, -0.15) is 0 Å². The molecule has 0 amide bonds. The van der Waals surface area contributed by atoms with Crippen molar-refractivity contribution in [2.45, 2.75) is 6.10 Å². The monoisotopic (exact) mass is 468 g/mol. The molecule has 2 aromatic carbocycles. The highest BCUT2D eigenvalue weighted by atomic mass is 127. The molecule has 0 saturated carbocycles. The third-order valence-corrected chi connectivity index (χ3v) is 4.67. The normalized spacial score (nSPS) is 12.2. The van der Waals surface area contributed by atoms with Gasteiger partial charge in [0.2, 0.25) is 0 Å². The SMILES string of the molecule is Nc1ccc(-c2ccc3cccc(OC(CO)COSI)c3n2)cc1. The van der Waals surface area contributed by atoms with Crippen LogP contribution in [0.3, 0.4) is 0 Å². The number of nitrogens with zero attached hydrogens (tertiary/aromatic N) is 1. The number of fused-ring (bicyclic) bond motifs is 1. The minimum atomic E-state index is -0.449. The van der Waals surface area contributed by atoms with Gasteiger partial charge in [-0.3, -0.25) is 0 Å². The van der Waals surface area contributed by atoms with Gasteiger partial charge in [0, 0.05) is 37.8 Å². The number of benzene rings is 2. The van der Waals surface area contributed by atoms with Crippen molar-refractivity contribution < 1.29 is 14.0 Å². The molecular weight excluding hydrogens is 451 g/mol. The zero-order valence-electron chi connectivity index (χ0n) is 13.3. The van der Waals surface area contributed by atoms with E-state index >= 15 is 0 Å². The van der Waals surface area contributed by atoms with E-state index in [1.165, 1.54) is 9.21 Å². The van der Waals surface area contributed by atoms with Crippen molar-refractivity contribution in [1.29, 1.82) is 0 Å². The lowest BCUT2D eigenvalue weighted by Crippen LogP contribution is -2.26. The number of aliphatic hydroxyl groups is 1. The second kappa shape index (κ2) is 8.70. The largest absolute Gasteiger partial charge is 0.483 e. The van der Waals surface area contributed by atoms with E-state index < -0.39 is 6.10 Å². The van der Waals surface area contributed by atoms with E-state index in [1.807, 2.05) is 75.8 Å². The van der Waals surface area contributed by atoms with Gasteiger partial charge < -0.3 is 19.8 Å². The fraction of sp³-hybridized carbons (Fsp3) is 0.167. The summed E-state index contributed by atoms with van der Waals surface area (Å²) in [5.41, 5.74) is 9.03. The molecule has 0 spiro atoms. The van der Waals surface area contributed by atoms with E-state index in [2.05, 4.69) is 0 Å². The van der Waals surface area contributed by atoms with Crippen LogP contribution in [0.25, 0.3) is 22.2 Å². The van der Waals surface area contributed by atoms with Gasteiger partial charge in [-0.05, 0) is 24.3 Å². The van der Waals surface area contributed by atoms with Crippen LogP contribution in [0.15, 0.2) is 54.6 Å². The molecule has 0 aliphatic rings. The zero-order chi connectivity index (χ0) is 17.6. The first-order valence-electron chi connectivity index (χ1n) is 7.64. The molecule has 0 saturated heterocycles. The number of ether oxygens (including phenoxy) is 1. The quantitative estimate of drug-likeness (QED) is 0.307. The topological polar surface area (TPSA) is 77.6 Å². The van der Waals surface area contributed by atoms with Crippen LogP contribution in [0.1, 0.15) is 0 Å². The molecule has 0 bridgehead atoms. The van der Waals surface area contributed by atoms with Gasteiger partial charge >= 0.3 is 0 Å². The lowest BCUT2D eigenvalue weighted by atomic mass is 10.1. The van der Waals surface area contributed by atoms with E-state index in [4.69, 9.17) is 19.6 Å². The number of nitrogens with two attached hydrogens (primary N) is 1. The second-order valence-electron chi connectivity index (χ2n) is 5.42. The molecule has 130 valence electrons. The number of halogens is 1. The average Bonchev–Trinajstić information content (AvgIpc) is 2.65. The summed E-state index contributed by atoms with van der Waals surface area (Å²) in [6.07, 6.45) is -0.449. The Kier molecular flexibility index (Phi) is 6.35. The van der Waals surface area contributed by atoms with E-state index in [9.17, 15) is 5.11 Å². The minimum absolute atomic E-state index is 0.134. The van der Waals surface area contributed by atoms with Gasteiger partial charge in [0.15, 0.2) is 0 Å². The summed E-state index contributed by atoms with van der Waals surface area (Å²) in [7, 11) is 1.21. The Morgan fingerprint density at radius 1 is 1.12 bits per heavy atom. The van der Waals surface area contributed by atoms with Gasteiger partial charge in [-0.15, -0.1) is 0 Å². The molecule has 3 N–H and O–H groups in total. The first-order valence-corrected chi connectivity index (χ1v) is 10.9. The Morgan fingerprint density at radius 3 is 2.64 bits per heavy atom. The second-order valence-corrected chi connectivity index (χ2v) is 6.86. The molecule has 1 unspecified atom stereocenters. The van der Waals surface area contributed by atoms with Crippen molar-refractivity contribution in [3.8, 4) is 17.0 Å². The number of hydrogen-bond donors (Lipinski definition) is 2. The molecule has 1 heterocycles. The van der Waals surface area contributed by atoms with Gasteiger partial charge in [-0.1, -0.05) is 30.3 Å². The van der Waals surface area contributed by atoms with Crippen molar-refractivity contribution in [2.24, 2.45) is 0 Å². The third kappa shape index (κ3) is 4.55. The summed E-state index contributed by atoms with van der Waals surface area (Å²) in [6, 6.07) is 17.3. The van der Waals surface area contributed by atoms with Crippen molar-refractivity contribution in [1.82, 2.24) is 4.98 Å². The standard InChI is InChI=1S/C18H17IN2O3S/c19-25-23-11-15(10-22)24-17-3-1-2-13-6-9-16(21-18(13)17)12-4-7-14(20)8-5-12/h1-9,15,22H,10-11,20H2. The lowest BCUT2D eigenvalue weighted by molar-refractivity contribution is 0.0809. The molecule has 0 aliphatic carbocycles. The number of aromatic nitrogens is 1.